The maximum Gasteiger partial charge on any atom is 0.243 e. The lowest BCUT2D eigenvalue weighted by atomic mass is 9.95. The highest BCUT2D eigenvalue weighted by Gasteiger charge is 2.38. The van der Waals surface area contributed by atoms with Crippen LogP contribution in [0.4, 0.5) is 4.39 Å². The number of nitrogens with zero attached hydrogens (tertiary/aromatic N) is 4. The first-order valence-electron chi connectivity index (χ1n) is 10.5. The summed E-state index contributed by atoms with van der Waals surface area (Å²) in [6.45, 7) is 6.52. The van der Waals surface area contributed by atoms with Crippen LogP contribution in [0, 0.1) is 0 Å². The highest BCUT2D eigenvalue weighted by molar-refractivity contribution is 5.75. The maximum atomic E-state index is 14.5. The van der Waals surface area contributed by atoms with Crippen LogP contribution in [0.3, 0.4) is 0 Å². The maximum absolute atomic E-state index is 14.5. The van der Waals surface area contributed by atoms with Crippen LogP contribution in [0.25, 0.3) is 0 Å². The minimum absolute atomic E-state index is 0.122. The first-order valence-corrected chi connectivity index (χ1v) is 10.5. The molecule has 28 heavy (non-hydrogen) atoms. The average molecular weight is 395 g/mol. The zero-order valence-electron chi connectivity index (χ0n) is 16.5. The van der Waals surface area contributed by atoms with Crippen molar-refractivity contribution < 1.29 is 18.4 Å². The predicted octanol–water partition coefficient (Wildman–Crippen LogP) is 1.26. The van der Waals surface area contributed by atoms with Gasteiger partial charge in [0, 0.05) is 51.1 Å². The minimum Gasteiger partial charge on any atom is -0.379 e. The molecule has 0 radical (unpaired) electrons. The molecule has 0 aliphatic carbocycles. The van der Waals surface area contributed by atoms with Crippen molar-refractivity contribution in [2.75, 3.05) is 45.9 Å². The molecule has 3 aliphatic heterocycles. The Hall–Kier alpha value is -1.58. The molecule has 3 atom stereocenters. The van der Waals surface area contributed by atoms with Gasteiger partial charge in [0.25, 0.3) is 0 Å². The molecule has 3 unspecified atom stereocenters. The van der Waals surface area contributed by atoms with Gasteiger partial charge >= 0.3 is 0 Å². The van der Waals surface area contributed by atoms with Gasteiger partial charge in [0.1, 0.15) is 6.17 Å². The van der Waals surface area contributed by atoms with E-state index in [2.05, 4.69) is 20.4 Å². The summed E-state index contributed by atoms with van der Waals surface area (Å²) in [4.78, 5) is 20.6. The lowest BCUT2D eigenvalue weighted by Crippen LogP contribution is -2.55. The van der Waals surface area contributed by atoms with Crippen molar-refractivity contribution in [2.24, 2.45) is 0 Å². The molecule has 0 saturated carbocycles. The van der Waals surface area contributed by atoms with Gasteiger partial charge < -0.3 is 19.5 Å². The third kappa shape index (κ3) is 4.21. The molecule has 8 nitrogen and oxygen atoms in total. The molecule has 3 saturated heterocycles. The molecule has 0 spiro atoms. The summed E-state index contributed by atoms with van der Waals surface area (Å²) in [5.41, 5.74) is 0. The predicted molar refractivity (Wildman–Crippen MR) is 99.6 cm³/mol. The number of alkyl halides is 1. The number of nitrogens with one attached hydrogen (secondary N) is 1. The van der Waals surface area contributed by atoms with E-state index >= 15 is 0 Å². The number of piperidine rings is 2. The number of amides is 1. The van der Waals surface area contributed by atoms with Crippen LogP contribution in [-0.2, 0) is 9.53 Å². The van der Waals surface area contributed by atoms with Crippen molar-refractivity contribution in [3.63, 3.8) is 0 Å². The van der Waals surface area contributed by atoms with E-state index in [9.17, 15) is 9.18 Å². The molecule has 9 heteroatoms. The first-order chi connectivity index (χ1) is 13.7. The minimum atomic E-state index is -0.905. The monoisotopic (exact) mass is 395 g/mol. The second-order valence-electron chi connectivity index (χ2n) is 7.93. The molecule has 1 N–H and O–H groups in total. The molecule has 1 amide bonds. The van der Waals surface area contributed by atoms with Crippen molar-refractivity contribution >= 4 is 5.91 Å². The number of hydrogen-bond acceptors (Lipinski definition) is 7. The standard InChI is InChI=1S/C19H30FN5O3/c1-2-17(26)25-5-3-13(4-6-25)18-22-19(28-23-18)15-11-16(14(20)12-21-15)24-7-9-27-10-8-24/h13-16,21H,2-12H2,1H3. The number of morpholine rings is 1. The Bertz CT molecular complexity index is 658. The van der Waals surface area contributed by atoms with E-state index in [1.165, 1.54) is 0 Å². The number of halogens is 1. The van der Waals surface area contributed by atoms with Gasteiger partial charge in [-0.15, -0.1) is 0 Å². The zero-order chi connectivity index (χ0) is 19.5. The summed E-state index contributed by atoms with van der Waals surface area (Å²) in [6.07, 6.45) is 1.96. The lowest BCUT2D eigenvalue weighted by molar-refractivity contribution is -0.131. The molecule has 0 aromatic carbocycles. The second kappa shape index (κ2) is 8.84. The summed E-state index contributed by atoms with van der Waals surface area (Å²) in [5, 5.41) is 7.42. The Kier molecular flexibility index (Phi) is 6.22. The number of hydrogen-bond donors (Lipinski definition) is 1. The normalized spacial score (nSPS) is 30.5. The van der Waals surface area contributed by atoms with Gasteiger partial charge in [0.15, 0.2) is 5.82 Å². The summed E-state index contributed by atoms with van der Waals surface area (Å²) < 4.78 is 25.5. The van der Waals surface area contributed by atoms with E-state index in [4.69, 9.17) is 9.26 Å². The van der Waals surface area contributed by atoms with Gasteiger partial charge in [-0.3, -0.25) is 9.69 Å². The van der Waals surface area contributed by atoms with Crippen molar-refractivity contribution in [1.29, 1.82) is 0 Å². The Morgan fingerprint density at radius 1 is 1.25 bits per heavy atom. The smallest absolute Gasteiger partial charge is 0.243 e. The summed E-state index contributed by atoms with van der Waals surface area (Å²) >= 11 is 0. The molecule has 3 aliphatic rings. The summed E-state index contributed by atoms with van der Waals surface area (Å²) in [5.74, 6) is 1.68. The van der Waals surface area contributed by atoms with E-state index in [1.54, 1.807) is 0 Å². The van der Waals surface area contributed by atoms with E-state index in [-0.39, 0.29) is 23.9 Å². The average Bonchev–Trinajstić information content (AvgIpc) is 3.24. The number of carbonyl (C=O) groups is 1. The fourth-order valence-corrected chi connectivity index (χ4v) is 4.50. The molecule has 156 valence electrons. The Balaban J connectivity index is 1.37. The fraction of sp³-hybridized carbons (Fsp3) is 0.842. The third-order valence-corrected chi connectivity index (χ3v) is 6.24. The SMILES string of the molecule is CCC(=O)N1CCC(c2noc(C3CC(N4CCOCC4)C(F)CN3)n2)CC1. The van der Waals surface area contributed by atoms with Crippen LogP contribution < -0.4 is 5.32 Å². The highest BCUT2D eigenvalue weighted by atomic mass is 19.1. The highest BCUT2D eigenvalue weighted by Crippen LogP contribution is 2.31. The molecule has 0 bridgehead atoms. The number of carbonyl (C=O) groups excluding carboxylic acids is 1. The number of aromatic nitrogens is 2. The van der Waals surface area contributed by atoms with E-state index in [0.29, 0.717) is 44.3 Å². The van der Waals surface area contributed by atoms with Crippen LogP contribution in [0.15, 0.2) is 4.52 Å². The van der Waals surface area contributed by atoms with E-state index in [1.807, 2.05) is 11.8 Å². The van der Waals surface area contributed by atoms with Gasteiger partial charge in [-0.25, -0.2) is 4.39 Å². The molecule has 1 aromatic rings. The van der Waals surface area contributed by atoms with Crippen LogP contribution in [0.1, 0.15) is 56.3 Å². The number of rotatable bonds is 4. The molecular formula is C19H30FN5O3. The third-order valence-electron chi connectivity index (χ3n) is 6.24. The summed E-state index contributed by atoms with van der Waals surface area (Å²) in [7, 11) is 0. The van der Waals surface area contributed by atoms with Gasteiger partial charge in [-0.1, -0.05) is 12.1 Å². The fourth-order valence-electron chi connectivity index (χ4n) is 4.50. The van der Waals surface area contributed by atoms with E-state index < -0.39 is 6.17 Å². The lowest BCUT2D eigenvalue weighted by Gasteiger charge is -2.40. The van der Waals surface area contributed by atoms with Gasteiger partial charge in [0.2, 0.25) is 11.8 Å². The Labute approximate surface area is 164 Å². The zero-order valence-corrected chi connectivity index (χ0v) is 16.5. The van der Waals surface area contributed by atoms with Crippen molar-refractivity contribution in [1.82, 2.24) is 25.3 Å². The second-order valence-corrected chi connectivity index (χ2v) is 7.93. The Morgan fingerprint density at radius 3 is 2.71 bits per heavy atom. The van der Waals surface area contributed by atoms with Crippen LogP contribution in [0.5, 0.6) is 0 Å². The van der Waals surface area contributed by atoms with Gasteiger partial charge in [0.05, 0.1) is 19.3 Å². The molecule has 4 heterocycles. The summed E-state index contributed by atoms with van der Waals surface area (Å²) in [6, 6.07) is -0.267. The quantitative estimate of drug-likeness (QED) is 0.822. The number of likely N-dealkylation sites (tertiary alicyclic amines) is 1. The topological polar surface area (TPSA) is 83.7 Å². The van der Waals surface area contributed by atoms with Crippen LogP contribution in [-0.4, -0.2) is 84.0 Å². The molecule has 1 aromatic heterocycles. The van der Waals surface area contributed by atoms with Crippen LogP contribution >= 0.6 is 0 Å². The number of ether oxygens (including phenoxy) is 1. The van der Waals surface area contributed by atoms with E-state index in [0.717, 1.165) is 39.0 Å². The van der Waals surface area contributed by atoms with Crippen molar-refractivity contribution in [3.05, 3.63) is 11.7 Å². The molecule has 4 rings (SSSR count). The van der Waals surface area contributed by atoms with Gasteiger partial charge in [-0.2, -0.15) is 4.98 Å². The van der Waals surface area contributed by atoms with Crippen molar-refractivity contribution in [2.45, 2.75) is 56.8 Å². The van der Waals surface area contributed by atoms with Crippen LogP contribution in [0.2, 0.25) is 0 Å². The largest absolute Gasteiger partial charge is 0.379 e. The molecular weight excluding hydrogens is 365 g/mol. The Morgan fingerprint density at radius 2 is 2.00 bits per heavy atom. The first kappa shape index (κ1) is 19.7. The molecule has 3 fully saturated rings. The van der Waals surface area contributed by atoms with Crippen molar-refractivity contribution in [3.8, 4) is 0 Å². The van der Waals surface area contributed by atoms with Gasteiger partial charge in [-0.05, 0) is 19.3 Å².